The fraction of sp³-hybridized carbons (Fsp3) is 1.00. The van der Waals surface area contributed by atoms with Gasteiger partial charge in [-0.25, -0.2) is 0 Å². The normalized spacial score (nSPS) is 12.8. The van der Waals surface area contributed by atoms with Gasteiger partial charge in [0.1, 0.15) is 0 Å². The third-order valence-electron chi connectivity index (χ3n) is 5.65. The summed E-state index contributed by atoms with van der Waals surface area (Å²) in [4.78, 5) is 0. The molecule has 0 aromatic carbocycles. The first kappa shape index (κ1) is 21.9. The molecule has 0 aromatic rings. The molecule has 0 aliphatic heterocycles. The lowest BCUT2D eigenvalue weighted by atomic mass is 9.59. The lowest BCUT2D eigenvalue weighted by molar-refractivity contribution is 0.0583. The van der Waals surface area contributed by atoms with Crippen molar-refractivity contribution in [1.29, 1.82) is 0 Å². The molecule has 0 fully saturated rings. The van der Waals surface area contributed by atoms with E-state index in [1.54, 1.807) is 0 Å². The minimum atomic E-state index is -0.0112. The Morgan fingerprint density at radius 2 is 0.955 bits per heavy atom. The summed E-state index contributed by atoms with van der Waals surface area (Å²) in [6.45, 7) is 9.93. The monoisotopic (exact) mass is 312 g/mol. The minimum absolute atomic E-state index is 0.0112. The van der Waals surface area contributed by atoms with Crippen LogP contribution in [0.5, 0.6) is 0 Å². The molecule has 0 aliphatic carbocycles. The second-order valence-corrected chi connectivity index (χ2v) is 7.39. The molecule has 2 heteroatoms. The van der Waals surface area contributed by atoms with Gasteiger partial charge in [-0.15, -0.1) is 0 Å². The van der Waals surface area contributed by atoms with Crippen LogP contribution in [0.3, 0.4) is 0 Å². The maximum absolute atomic E-state index is 7.16. The molecule has 0 saturated carbocycles. The standard InChI is InChI=1S/C20H44N2/c1-5-9-13-19(17-18-21,14-10-6-2)20(22,15-11-7-3)16-12-8-4/h5-18,21-22H2,1-4H3. The molecule has 4 N–H and O–H groups in total. The highest BCUT2D eigenvalue weighted by molar-refractivity contribution is 5.02. The molecule has 134 valence electrons. The van der Waals surface area contributed by atoms with E-state index in [9.17, 15) is 0 Å². The Labute approximate surface area is 140 Å². The predicted octanol–water partition coefficient (Wildman–Crippen LogP) is 5.78. The van der Waals surface area contributed by atoms with Gasteiger partial charge in [-0.3, -0.25) is 0 Å². The highest BCUT2D eigenvalue weighted by Gasteiger charge is 2.45. The van der Waals surface area contributed by atoms with E-state index in [0.29, 0.717) is 0 Å². The second-order valence-electron chi connectivity index (χ2n) is 7.39. The molecular weight excluding hydrogens is 268 g/mol. The Kier molecular flexibility index (Phi) is 12.3. The number of unbranched alkanes of at least 4 members (excludes halogenated alkanes) is 4. The molecule has 0 spiro atoms. The Hall–Kier alpha value is -0.0800. The Balaban J connectivity index is 5.41. The van der Waals surface area contributed by atoms with Gasteiger partial charge in [0.15, 0.2) is 0 Å². The van der Waals surface area contributed by atoms with Crippen LogP contribution in [0.15, 0.2) is 0 Å². The van der Waals surface area contributed by atoms with Crippen LogP contribution in [0.2, 0.25) is 0 Å². The first-order valence-electron chi connectivity index (χ1n) is 10.0. The molecule has 0 aromatic heterocycles. The largest absolute Gasteiger partial charge is 0.330 e. The summed E-state index contributed by atoms with van der Waals surface area (Å²) in [6, 6.07) is 0. The van der Waals surface area contributed by atoms with Crippen molar-refractivity contribution in [2.75, 3.05) is 6.54 Å². The first-order valence-corrected chi connectivity index (χ1v) is 10.0. The van der Waals surface area contributed by atoms with E-state index in [1.807, 2.05) is 0 Å². The van der Waals surface area contributed by atoms with E-state index >= 15 is 0 Å². The van der Waals surface area contributed by atoms with Crippen molar-refractivity contribution < 1.29 is 0 Å². The van der Waals surface area contributed by atoms with Gasteiger partial charge in [0, 0.05) is 5.54 Å². The zero-order chi connectivity index (χ0) is 16.9. The molecule has 0 amide bonds. The van der Waals surface area contributed by atoms with Gasteiger partial charge >= 0.3 is 0 Å². The zero-order valence-corrected chi connectivity index (χ0v) is 16.1. The van der Waals surface area contributed by atoms with Crippen molar-refractivity contribution >= 4 is 0 Å². The van der Waals surface area contributed by atoms with Gasteiger partial charge in [0.2, 0.25) is 0 Å². The van der Waals surface area contributed by atoms with E-state index < -0.39 is 0 Å². The Morgan fingerprint density at radius 3 is 1.27 bits per heavy atom. The number of hydrogen-bond acceptors (Lipinski definition) is 2. The van der Waals surface area contributed by atoms with Gasteiger partial charge in [0.25, 0.3) is 0 Å². The second kappa shape index (κ2) is 12.4. The summed E-state index contributed by atoms with van der Waals surface area (Å²) < 4.78 is 0. The molecule has 0 unspecified atom stereocenters. The molecule has 0 heterocycles. The maximum atomic E-state index is 7.16. The fourth-order valence-corrected chi connectivity index (χ4v) is 4.07. The summed E-state index contributed by atoms with van der Waals surface area (Å²) in [5.74, 6) is 0. The van der Waals surface area contributed by atoms with Crippen molar-refractivity contribution in [3.05, 3.63) is 0 Å². The van der Waals surface area contributed by atoms with Crippen LogP contribution >= 0.6 is 0 Å². The molecule has 0 atom stereocenters. The molecule has 0 bridgehead atoms. The van der Waals surface area contributed by atoms with Gasteiger partial charge < -0.3 is 11.5 Å². The topological polar surface area (TPSA) is 52.0 Å². The van der Waals surface area contributed by atoms with Crippen molar-refractivity contribution in [3.8, 4) is 0 Å². The molecule has 0 aliphatic rings. The summed E-state index contributed by atoms with van der Waals surface area (Å²) >= 11 is 0. The van der Waals surface area contributed by atoms with Gasteiger partial charge in [-0.05, 0) is 44.1 Å². The third kappa shape index (κ3) is 6.58. The van der Waals surface area contributed by atoms with Crippen molar-refractivity contribution in [3.63, 3.8) is 0 Å². The highest BCUT2D eigenvalue weighted by atomic mass is 14.8. The maximum Gasteiger partial charge on any atom is 0.0211 e. The predicted molar refractivity (Wildman–Crippen MR) is 101 cm³/mol. The lowest BCUT2D eigenvalue weighted by Gasteiger charge is -2.50. The molecular formula is C20H44N2. The third-order valence-corrected chi connectivity index (χ3v) is 5.65. The van der Waals surface area contributed by atoms with Crippen LogP contribution in [0.1, 0.15) is 111 Å². The summed E-state index contributed by atoms with van der Waals surface area (Å²) in [7, 11) is 0. The van der Waals surface area contributed by atoms with E-state index in [0.717, 1.165) is 13.0 Å². The van der Waals surface area contributed by atoms with Gasteiger partial charge in [0.05, 0.1) is 0 Å². The molecule has 0 radical (unpaired) electrons. The molecule has 22 heavy (non-hydrogen) atoms. The summed E-state index contributed by atoms with van der Waals surface area (Å²) in [5, 5.41) is 0. The van der Waals surface area contributed by atoms with Crippen LogP contribution in [-0.2, 0) is 0 Å². The number of hydrogen-bond donors (Lipinski definition) is 2. The smallest absolute Gasteiger partial charge is 0.0211 e. The van der Waals surface area contributed by atoms with Gasteiger partial charge in [-0.2, -0.15) is 0 Å². The van der Waals surface area contributed by atoms with Crippen LogP contribution in [0.4, 0.5) is 0 Å². The first-order chi connectivity index (χ1) is 10.6. The van der Waals surface area contributed by atoms with Crippen LogP contribution in [0.25, 0.3) is 0 Å². The lowest BCUT2D eigenvalue weighted by Crippen LogP contribution is -2.56. The molecule has 0 saturated heterocycles. The minimum Gasteiger partial charge on any atom is -0.330 e. The van der Waals surface area contributed by atoms with Crippen molar-refractivity contribution in [2.24, 2.45) is 16.9 Å². The molecule has 0 rings (SSSR count). The molecule has 2 nitrogen and oxygen atoms in total. The van der Waals surface area contributed by atoms with Crippen LogP contribution < -0.4 is 11.5 Å². The zero-order valence-electron chi connectivity index (χ0n) is 16.1. The fourth-order valence-electron chi connectivity index (χ4n) is 4.07. The SMILES string of the molecule is CCCCC(N)(CCCC)C(CCN)(CCCC)CCCC. The van der Waals surface area contributed by atoms with E-state index in [1.165, 1.54) is 77.0 Å². The van der Waals surface area contributed by atoms with E-state index in [2.05, 4.69) is 27.7 Å². The average molecular weight is 313 g/mol. The Morgan fingerprint density at radius 1 is 0.591 bits per heavy atom. The Bertz CT molecular complexity index is 234. The van der Waals surface area contributed by atoms with Crippen LogP contribution in [-0.4, -0.2) is 12.1 Å². The van der Waals surface area contributed by atoms with Crippen molar-refractivity contribution in [1.82, 2.24) is 0 Å². The number of rotatable bonds is 15. The van der Waals surface area contributed by atoms with E-state index in [-0.39, 0.29) is 11.0 Å². The summed E-state index contributed by atoms with van der Waals surface area (Å²) in [5.41, 5.74) is 13.5. The quantitative estimate of drug-likeness (QED) is 0.402. The average Bonchev–Trinajstić information content (AvgIpc) is 2.53. The highest BCUT2D eigenvalue weighted by Crippen LogP contribution is 2.47. The summed E-state index contributed by atoms with van der Waals surface area (Å²) in [6.07, 6.45) is 16.1. The van der Waals surface area contributed by atoms with Crippen LogP contribution in [0, 0.1) is 5.41 Å². The van der Waals surface area contributed by atoms with E-state index in [4.69, 9.17) is 11.5 Å². The van der Waals surface area contributed by atoms with Gasteiger partial charge in [-0.1, -0.05) is 79.1 Å². The number of nitrogens with two attached hydrogens (primary N) is 2. The van der Waals surface area contributed by atoms with Crippen molar-refractivity contribution in [2.45, 2.75) is 117 Å².